The molecule has 2 saturated heterocycles. The summed E-state index contributed by atoms with van der Waals surface area (Å²) in [5.74, 6) is 0.989. The van der Waals surface area contributed by atoms with Crippen LogP contribution in [0.4, 0.5) is 16.3 Å². The van der Waals surface area contributed by atoms with Crippen molar-refractivity contribution < 1.29 is 19.1 Å². The molecule has 4 heterocycles. The molecule has 3 fully saturated rings. The van der Waals surface area contributed by atoms with Gasteiger partial charge in [-0.05, 0) is 64.0 Å². The van der Waals surface area contributed by atoms with Gasteiger partial charge < -0.3 is 29.0 Å². The molecule has 52 heavy (non-hydrogen) atoms. The van der Waals surface area contributed by atoms with E-state index in [4.69, 9.17) is 26.0 Å². The number of hydrogen-bond acceptors (Lipinski definition) is 9. The molecule has 1 aliphatic carbocycles. The first kappa shape index (κ1) is 35.8. The minimum Gasteiger partial charge on any atom is -0.463 e. The first-order valence-corrected chi connectivity index (χ1v) is 18.7. The molecular weight excluding hydrogens is 656 g/mol. The van der Waals surface area contributed by atoms with E-state index < -0.39 is 5.60 Å². The Morgan fingerprint density at radius 3 is 2.42 bits per heavy atom. The summed E-state index contributed by atoms with van der Waals surface area (Å²) in [6, 6.07) is 13.0. The molecule has 1 saturated carbocycles. The smallest absolute Gasteiger partial charge is 0.410 e. The van der Waals surface area contributed by atoms with Crippen LogP contribution < -0.4 is 14.5 Å². The minimum absolute atomic E-state index is 0.0596. The van der Waals surface area contributed by atoms with Gasteiger partial charge in [-0.2, -0.15) is 9.97 Å². The third-order valence-electron chi connectivity index (χ3n) is 11.0. The van der Waals surface area contributed by atoms with E-state index in [9.17, 15) is 9.59 Å². The van der Waals surface area contributed by atoms with Crippen LogP contribution in [0, 0.1) is 18.9 Å². The standard InChI is InChI=1S/C40H52N8O4/c1-28-9-7-10-30-11-8-12-34(35(28)30)46-16-13-32-33(25-46)42-37(51-27-40(14-15-40)26-44-17-19-45(20-18-44)29(2)49)43-36(32)47-21-22-48(31(24-47)23-41-6)38(50)52-39(3,4)5/h7-12,31H,13-27H2,1-5H3. The van der Waals surface area contributed by atoms with Gasteiger partial charge >= 0.3 is 12.1 Å². The third-order valence-corrected chi connectivity index (χ3v) is 11.0. The van der Waals surface area contributed by atoms with Crippen molar-refractivity contribution in [3.8, 4) is 6.01 Å². The maximum Gasteiger partial charge on any atom is 0.410 e. The lowest BCUT2D eigenvalue weighted by Gasteiger charge is -2.41. The molecule has 0 spiro atoms. The molecule has 0 N–H and O–H groups in total. The molecule has 2 amide bonds. The fraction of sp³-hybridized carbons (Fsp3) is 0.575. The van der Waals surface area contributed by atoms with Crippen LogP contribution in [-0.2, 0) is 22.5 Å². The molecule has 7 rings (SSSR count). The number of aryl methyl sites for hydroxylation is 1. The minimum atomic E-state index is -0.620. The maximum absolute atomic E-state index is 13.2. The van der Waals surface area contributed by atoms with E-state index in [1.807, 2.05) is 25.7 Å². The van der Waals surface area contributed by atoms with E-state index in [1.54, 1.807) is 11.8 Å². The Bertz CT molecular complexity index is 1850. The maximum atomic E-state index is 13.2. The highest BCUT2D eigenvalue weighted by Gasteiger charge is 2.46. The van der Waals surface area contributed by atoms with Crippen molar-refractivity contribution in [1.82, 2.24) is 24.7 Å². The SMILES string of the molecule is [C-]#[N+]CC1CN(c2nc(OCC3(CN4CCN(C(C)=O)CC4)CC3)nc3c2CCN(c2cccc4cccc(C)c24)C3)CCN1C(=O)OC(C)(C)C. The fourth-order valence-corrected chi connectivity index (χ4v) is 8.00. The topological polar surface area (TPSA) is 98.9 Å². The molecule has 1 unspecified atom stereocenters. The molecule has 1 aromatic heterocycles. The number of aromatic nitrogens is 2. The van der Waals surface area contributed by atoms with Crippen molar-refractivity contribution in [2.75, 3.05) is 81.9 Å². The van der Waals surface area contributed by atoms with Gasteiger partial charge in [-0.25, -0.2) is 11.4 Å². The number of piperazine rings is 2. The summed E-state index contributed by atoms with van der Waals surface area (Å²) in [6.45, 7) is 25.0. The van der Waals surface area contributed by atoms with E-state index >= 15 is 0 Å². The van der Waals surface area contributed by atoms with Crippen molar-refractivity contribution in [3.05, 3.63) is 64.6 Å². The summed E-state index contributed by atoms with van der Waals surface area (Å²) in [4.78, 5) is 49.7. The van der Waals surface area contributed by atoms with Gasteiger partial charge in [-0.15, -0.1) is 0 Å². The second-order valence-corrected chi connectivity index (χ2v) is 16.1. The average molecular weight is 709 g/mol. The number of carbonyl (C=O) groups is 2. The highest BCUT2D eigenvalue weighted by Crippen LogP contribution is 2.47. The number of ether oxygens (including phenoxy) is 2. The number of nitrogens with zero attached hydrogens (tertiary/aromatic N) is 8. The molecule has 0 bridgehead atoms. The lowest BCUT2D eigenvalue weighted by atomic mass is 9.99. The lowest BCUT2D eigenvalue weighted by Crippen LogP contribution is -2.57. The first-order chi connectivity index (χ1) is 24.9. The van der Waals surface area contributed by atoms with Crippen molar-refractivity contribution in [2.24, 2.45) is 5.41 Å². The van der Waals surface area contributed by atoms with E-state index in [1.165, 1.54) is 22.0 Å². The Kier molecular flexibility index (Phi) is 9.91. The average Bonchev–Trinajstić information content (AvgIpc) is 3.88. The normalized spacial score (nSPS) is 20.3. The van der Waals surface area contributed by atoms with Crippen LogP contribution in [0.15, 0.2) is 36.4 Å². The molecule has 2 aromatic carbocycles. The molecule has 276 valence electrons. The van der Waals surface area contributed by atoms with Crippen LogP contribution in [-0.4, -0.2) is 120 Å². The number of carbonyl (C=O) groups excluding carboxylic acids is 2. The Labute approximate surface area is 307 Å². The predicted octanol–water partition coefficient (Wildman–Crippen LogP) is 5.17. The van der Waals surface area contributed by atoms with E-state index in [0.717, 1.165) is 75.6 Å². The molecule has 12 heteroatoms. The van der Waals surface area contributed by atoms with E-state index in [-0.39, 0.29) is 30.0 Å². The molecular formula is C40H52N8O4. The quantitative estimate of drug-likeness (QED) is 0.294. The summed E-state index contributed by atoms with van der Waals surface area (Å²) >= 11 is 0. The van der Waals surface area contributed by atoms with Crippen molar-refractivity contribution in [1.29, 1.82) is 0 Å². The number of anilines is 2. The predicted molar refractivity (Wildman–Crippen MR) is 202 cm³/mol. The van der Waals surface area contributed by atoms with Gasteiger partial charge in [0, 0.05) is 87.9 Å². The molecule has 3 aliphatic heterocycles. The van der Waals surface area contributed by atoms with Gasteiger partial charge in [0.25, 0.3) is 0 Å². The molecule has 3 aromatic rings. The fourth-order valence-electron chi connectivity index (χ4n) is 8.00. The van der Waals surface area contributed by atoms with Gasteiger partial charge in [-0.3, -0.25) is 14.6 Å². The summed E-state index contributed by atoms with van der Waals surface area (Å²) in [7, 11) is 0. The molecule has 12 nitrogen and oxygen atoms in total. The molecule has 0 radical (unpaired) electrons. The monoisotopic (exact) mass is 708 g/mol. The summed E-state index contributed by atoms with van der Waals surface area (Å²) < 4.78 is 12.3. The van der Waals surface area contributed by atoms with Crippen LogP contribution in [0.5, 0.6) is 6.01 Å². The molecule has 4 aliphatic rings. The van der Waals surface area contributed by atoms with Crippen LogP contribution in [0.25, 0.3) is 15.6 Å². The summed E-state index contributed by atoms with van der Waals surface area (Å²) in [5, 5.41) is 2.49. The van der Waals surface area contributed by atoms with Crippen LogP contribution >= 0.6 is 0 Å². The highest BCUT2D eigenvalue weighted by molar-refractivity contribution is 5.97. The Morgan fingerprint density at radius 2 is 1.73 bits per heavy atom. The van der Waals surface area contributed by atoms with Crippen molar-refractivity contribution in [2.45, 2.75) is 72.1 Å². The van der Waals surface area contributed by atoms with Crippen LogP contribution in [0.2, 0.25) is 0 Å². The Hall–Kier alpha value is -4.63. The van der Waals surface area contributed by atoms with Gasteiger partial charge in [0.15, 0.2) is 0 Å². The number of amides is 2. The second-order valence-electron chi connectivity index (χ2n) is 16.1. The van der Waals surface area contributed by atoms with Gasteiger partial charge in [0.05, 0.1) is 18.8 Å². The second kappa shape index (κ2) is 14.4. The van der Waals surface area contributed by atoms with Crippen molar-refractivity contribution in [3.63, 3.8) is 0 Å². The molecule has 1 atom stereocenters. The first-order valence-electron chi connectivity index (χ1n) is 18.7. The van der Waals surface area contributed by atoms with Gasteiger partial charge in [-0.1, -0.05) is 30.3 Å². The van der Waals surface area contributed by atoms with Gasteiger partial charge in [0.2, 0.25) is 12.5 Å². The van der Waals surface area contributed by atoms with Crippen LogP contribution in [0.3, 0.4) is 0 Å². The number of benzene rings is 2. The third kappa shape index (κ3) is 7.75. The zero-order valence-electron chi connectivity index (χ0n) is 31.4. The Balaban J connectivity index is 1.15. The number of hydrogen-bond donors (Lipinski definition) is 0. The van der Waals surface area contributed by atoms with Gasteiger partial charge in [0.1, 0.15) is 17.5 Å². The zero-order valence-corrected chi connectivity index (χ0v) is 31.4. The number of fused-ring (bicyclic) bond motifs is 2. The summed E-state index contributed by atoms with van der Waals surface area (Å²) in [5.41, 5.74) is 3.96. The number of rotatable bonds is 8. The highest BCUT2D eigenvalue weighted by atomic mass is 16.6. The van der Waals surface area contributed by atoms with Crippen molar-refractivity contribution >= 4 is 34.3 Å². The van der Waals surface area contributed by atoms with Crippen LogP contribution in [0.1, 0.15) is 57.4 Å². The van der Waals surface area contributed by atoms with E-state index in [2.05, 4.69) is 62.9 Å². The summed E-state index contributed by atoms with van der Waals surface area (Å²) in [6.07, 6.45) is 2.57. The largest absolute Gasteiger partial charge is 0.463 e. The Morgan fingerprint density at radius 1 is 0.981 bits per heavy atom. The lowest BCUT2D eigenvalue weighted by molar-refractivity contribution is -0.130. The zero-order chi connectivity index (χ0) is 36.6. The van der Waals surface area contributed by atoms with E-state index in [0.29, 0.717) is 38.8 Å².